The molecule has 1 spiro atoms. The topological polar surface area (TPSA) is 138 Å². The van der Waals surface area contributed by atoms with Gasteiger partial charge < -0.3 is 34.4 Å². The zero-order valence-corrected chi connectivity index (χ0v) is 28.0. The number of fused-ring (bicyclic) bond motifs is 1. The maximum Gasteiger partial charge on any atom is 0.312 e. The second kappa shape index (κ2) is 16.2. The molecule has 0 unspecified atom stereocenters. The summed E-state index contributed by atoms with van der Waals surface area (Å²) in [6.07, 6.45) is 4.18. The third kappa shape index (κ3) is 7.51. The number of aliphatic hydroxyl groups is 1. The zero-order chi connectivity index (χ0) is 34.3. The molecular formula is C36H50N4O8. The first-order valence-electron chi connectivity index (χ1n) is 17.2. The Morgan fingerprint density at radius 3 is 2.62 bits per heavy atom. The fraction of sp³-hybridized carbons (Fsp3) is 0.611. The Morgan fingerprint density at radius 1 is 1.19 bits per heavy atom. The van der Waals surface area contributed by atoms with E-state index < -0.39 is 47.7 Å². The third-order valence-electron chi connectivity index (χ3n) is 10.1. The number of hydrogen-bond acceptors (Lipinski definition) is 9. The van der Waals surface area contributed by atoms with E-state index in [2.05, 4.69) is 23.4 Å². The predicted molar refractivity (Wildman–Crippen MR) is 178 cm³/mol. The van der Waals surface area contributed by atoms with Crippen LogP contribution in [0.15, 0.2) is 55.6 Å². The summed E-state index contributed by atoms with van der Waals surface area (Å²) >= 11 is 0. The Balaban J connectivity index is 1.41. The van der Waals surface area contributed by atoms with Crippen LogP contribution in [-0.4, -0.2) is 132 Å². The summed E-state index contributed by atoms with van der Waals surface area (Å²) in [5, 5.41) is 13.5. The smallest absolute Gasteiger partial charge is 0.312 e. The number of amides is 3. The van der Waals surface area contributed by atoms with Gasteiger partial charge in [-0.25, -0.2) is 0 Å². The maximum atomic E-state index is 14.8. The van der Waals surface area contributed by atoms with Crippen molar-refractivity contribution in [3.63, 3.8) is 0 Å². The van der Waals surface area contributed by atoms with Crippen LogP contribution in [0.2, 0.25) is 0 Å². The Kier molecular flexibility index (Phi) is 12.1. The molecule has 4 aliphatic heterocycles. The number of carbonyl (C=O) groups is 4. The molecule has 2 bridgehead atoms. The molecule has 5 rings (SSSR count). The number of esters is 1. The molecule has 1 aromatic rings. The van der Waals surface area contributed by atoms with E-state index in [1.54, 1.807) is 24.0 Å². The first kappa shape index (κ1) is 35.7. The number of benzene rings is 1. The quantitative estimate of drug-likeness (QED) is 0.186. The van der Waals surface area contributed by atoms with E-state index in [9.17, 15) is 24.3 Å². The zero-order valence-electron chi connectivity index (χ0n) is 28.0. The number of carbonyl (C=O) groups excluding carboxylic acids is 4. The maximum absolute atomic E-state index is 14.8. The summed E-state index contributed by atoms with van der Waals surface area (Å²) in [6.45, 7) is 13.1. The van der Waals surface area contributed by atoms with E-state index in [0.717, 1.165) is 18.7 Å². The molecular weight excluding hydrogens is 616 g/mol. The van der Waals surface area contributed by atoms with Gasteiger partial charge in [0.25, 0.3) is 0 Å². The van der Waals surface area contributed by atoms with Gasteiger partial charge in [0.1, 0.15) is 17.7 Å². The third-order valence-corrected chi connectivity index (χ3v) is 10.1. The SMILES string of the molecule is C=CCCC(=O)NC[C@H](C)OC(=O)[C@@H]1[C@H]2C(=O)N([C@@H](CO)Cc3ccccc3)[C@H](C(=O)N(CC=C)CCN3CCOCC3)[C@]23CC[C@H]1O3. The molecule has 0 radical (unpaired) electrons. The molecule has 262 valence electrons. The van der Waals surface area contributed by atoms with Gasteiger partial charge in [0.05, 0.1) is 50.3 Å². The number of nitrogens with zero attached hydrogens (tertiary/aromatic N) is 3. The van der Waals surface area contributed by atoms with Crippen molar-refractivity contribution in [3.05, 3.63) is 61.2 Å². The van der Waals surface area contributed by atoms with Crippen molar-refractivity contribution in [2.24, 2.45) is 11.8 Å². The van der Waals surface area contributed by atoms with E-state index in [4.69, 9.17) is 14.2 Å². The van der Waals surface area contributed by atoms with Crippen LogP contribution in [0.4, 0.5) is 0 Å². The molecule has 0 aromatic heterocycles. The van der Waals surface area contributed by atoms with Crippen LogP contribution in [0, 0.1) is 11.8 Å². The molecule has 0 saturated carbocycles. The van der Waals surface area contributed by atoms with Crippen LogP contribution in [0.5, 0.6) is 0 Å². The monoisotopic (exact) mass is 666 g/mol. The van der Waals surface area contributed by atoms with Crippen LogP contribution in [-0.2, 0) is 39.8 Å². The Bertz CT molecular complexity index is 1320. The van der Waals surface area contributed by atoms with Crippen molar-refractivity contribution >= 4 is 23.7 Å². The molecule has 7 atom stereocenters. The molecule has 12 heteroatoms. The van der Waals surface area contributed by atoms with Gasteiger partial charge in [0, 0.05) is 39.1 Å². The Labute approximate surface area is 283 Å². The van der Waals surface area contributed by atoms with Gasteiger partial charge in [0.15, 0.2) is 0 Å². The average Bonchev–Trinajstić information content (AvgIpc) is 3.75. The number of rotatable bonds is 17. The van der Waals surface area contributed by atoms with Gasteiger partial charge in [0.2, 0.25) is 17.7 Å². The molecule has 12 nitrogen and oxygen atoms in total. The van der Waals surface area contributed by atoms with E-state index in [-0.39, 0.29) is 43.8 Å². The average molecular weight is 667 g/mol. The standard InChI is InChI=1S/C36H50N4O8/c1-4-6-12-29(42)37-23-25(3)47-35(45)30-28-13-14-36(48-28)31(30)33(43)40(27(24-41)22-26-10-8-7-9-11-26)32(36)34(44)39(15-5-2)17-16-38-18-20-46-21-19-38/h4-5,7-11,25,27-28,30-32,41H,1-2,6,12-24H2,3H3,(H,37,42)/t25-,27+,28+,30-,31-,32+,36-/m0/s1. The molecule has 3 amide bonds. The van der Waals surface area contributed by atoms with E-state index >= 15 is 0 Å². The highest BCUT2D eigenvalue weighted by Gasteiger charge is 2.75. The fourth-order valence-electron chi connectivity index (χ4n) is 7.77. The van der Waals surface area contributed by atoms with Gasteiger partial charge >= 0.3 is 5.97 Å². The molecule has 4 aliphatic rings. The minimum atomic E-state index is -1.24. The number of morpholine rings is 1. The molecule has 48 heavy (non-hydrogen) atoms. The normalized spacial score (nSPS) is 27.6. The van der Waals surface area contributed by atoms with Gasteiger partial charge in [-0.05, 0) is 38.2 Å². The summed E-state index contributed by atoms with van der Waals surface area (Å²) in [4.78, 5) is 60.7. The minimum Gasteiger partial charge on any atom is -0.460 e. The van der Waals surface area contributed by atoms with Crippen molar-refractivity contribution < 1.29 is 38.5 Å². The number of allylic oxidation sites excluding steroid dienone is 1. The number of hydrogen-bond donors (Lipinski definition) is 2. The Morgan fingerprint density at radius 2 is 1.94 bits per heavy atom. The first-order chi connectivity index (χ1) is 23.2. The molecule has 0 aliphatic carbocycles. The van der Waals surface area contributed by atoms with Crippen molar-refractivity contribution in [2.75, 3.05) is 59.1 Å². The second-order valence-electron chi connectivity index (χ2n) is 13.2. The first-order valence-corrected chi connectivity index (χ1v) is 17.2. The number of likely N-dealkylation sites (tertiary alicyclic amines) is 1. The van der Waals surface area contributed by atoms with Gasteiger partial charge in [-0.3, -0.25) is 24.1 Å². The van der Waals surface area contributed by atoms with E-state index in [1.807, 2.05) is 30.3 Å². The molecule has 2 N–H and O–H groups in total. The number of ether oxygens (including phenoxy) is 3. The van der Waals surface area contributed by atoms with Crippen LogP contribution >= 0.6 is 0 Å². The van der Waals surface area contributed by atoms with Gasteiger partial charge in [-0.2, -0.15) is 0 Å². The van der Waals surface area contributed by atoms with E-state index in [1.165, 1.54) is 4.90 Å². The van der Waals surface area contributed by atoms with Crippen molar-refractivity contribution in [3.8, 4) is 0 Å². The van der Waals surface area contributed by atoms with E-state index in [0.29, 0.717) is 52.0 Å². The molecule has 1 aromatic carbocycles. The summed E-state index contributed by atoms with van der Waals surface area (Å²) in [6, 6.07) is 7.77. The summed E-state index contributed by atoms with van der Waals surface area (Å²) in [7, 11) is 0. The lowest BCUT2D eigenvalue weighted by atomic mass is 9.70. The highest BCUT2D eigenvalue weighted by Crippen LogP contribution is 2.59. The fourth-order valence-corrected chi connectivity index (χ4v) is 7.77. The largest absolute Gasteiger partial charge is 0.460 e. The predicted octanol–water partition coefficient (Wildman–Crippen LogP) is 1.33. The molecule has 4 saturated heterocycles. The lowest BCUT2D eigenvalue weighted by Crippen LogP contribution is -2.59. The molecule has 4 fully saturated rings. The summed E-state index contributed by atoms with van der Waals surface area (Å²) in [5.41, 5.74) is -0.335. The minimum absolute atomic E-state index is 0.125. The Hall–Kier alpha value is -3.58. The summed E-state index contributed by atoms with van der Waals surface area (Å²) in [5.74, 6) is -3.28. The highest BCUT2D eigenvalue weighted by molar-refractivity contribution is 5.98. The molecule has 4 heterocycles. The van der Waals surface area contributed by atoms with Crippen molar-refractivity contribution in [1.29, 1.82) is 0 Å². The number of nitrogens with one attached hydrogen (secondary N) is 1. The lowest BCUT2D eigenvalue weighted by molar-refractivity contribution is -0.160. The van der Waals surface area contributed by atoms with Crippen LogP contribution in [0.1, 0.15) is 38.2 Å². The van der Waals surface area contributed by atoms with Gasteiger partial charge in [-0.1, -0.05) is 42.5 Å². The van der Waals surface area contributed by atoms with Crippen molar-refractivity contribution in [1.82, 2.24) is 20.0 Å². The van der Waals surface area contributed by atoms with Gasteiger partial charge in [-0.15, -0.1) is 13.2 Å². The van der Waals surface area contributed by atoms with Crippen LogP contribution in [0.3, 0.4) is 0 Å². The van der Waals surface area contributed by atoms with Crippen LogP contribution in [0.25, 0.3) is 0 Å². The van der Waals surface area contributed by atoms with Crippen LogP contribution < -0.4 is 5.32 Å². The second-order valence-corrected chi connectivity index (χ2v) is 13.2. The summed E-state index contributed by atoms with van der Waals surface area (Å²) < 4.78 is 17.9. The lowest BCUT2D eigenvalue weighted by Gasteiger charge is -2.40. The number of aliphatic hydroxyl groups excluding tert-OH is 1. The van der Waals surface area contributed by atoms with Crippen molar-refractivity contribution in [2.45, 2.75) is 68.9 Å². The highest BCUT2D eigenvalue weighted by atomic mass is 16.6.